The molecule has 1 amide bonds. The molecular weight excluding hydrogens is 216 g/mol. The average Bonchev–Trinajstić information content (AvgIpc) is 2.24. The number of hydrogen-bond acceptors (Lipinski definition) is 3. The van der Waals surface area contributed by atoms with Crippen molar-refractivity contribution in [3.8, 4) is 0 Å². The lowest BCUT2D eigenvalue weighted by atomic mass is 10.2. The summed E-state index contributed by atoms with van der Waals surface area (Å²) in [5.41, 5.74) is -0.244. The number of piperazine rings is 1. The van der Waals surface area contributed by atoms with Crippen LogP contribution in [0.4, 0.5) is 0 Å². The van der Waals surface area contributed by atoms with E-state index in [-0.39, 0.29) is 18.1 Å². The van der Waals surface area contributed by atoms with Gasteiger partial charge < -0.3 is 9.64 Å². The van der Waals surface area contributed by atoms with Gasteiger partial charge in [0.15, 0.2) is 0 Å². The molecule has 1 unspecified atom stereocenters. The summed E-state index contributed by atoms with van der Waals surface area (Å²) >= 11 is 0. The molecular formula is C13H26N2O2. The molecule has 1 atom stereocenters. The Morgan fingerprint density at radius 1 is 1.35 bits per heavy atom. The Morgan fingerprint density at radius 2 is 2.00 bits per heavy atom. The third kappa shape index (κ3) is 4.64. The van der Waals surface area contributed by atoms with Crippen molar-refractivity contribution >= 4 is 5.91 Å². The highest BCUT2D eigenvalue weighted by molar-refractivity contribution is 5.77. The molecule has 0 radical (unpaired) electrons. The van der Waals surface area contributed by atoms with E-state index in [0.717, 1.165) is 26.2 Å². The largest absolute Gasteiger partial charge is 0.366 e. The van der Waals surface area contributed by atoms with Gasteiger partial charge in [-0.2, -0.15) is 0 Å². The van der Waals surface area contributed by atoms with Crippen molar-refractivity contribution in [2.75, 3.05) is 32.8 Å². The minimum atomic E-state index is -0.244. The van der Waals surface area contributed by atoms with Crippen LogP contribution in [0, 0.1) is 0 Å². The zero-order valence-corrected chi connectivity index (χ0v) is 11.8. The van der Waals surface area contributed by atoms with E-state index in [4.69, 9.17) is 4.74 Å². The van der Waals surface area contributed by atoms with Gasteiger partial charge in [0.05, 0.1) is 5.60 Å². The fourth-order valence-corrected chi connectivity index (χ4v) is 2.06. The van der Waals surface area contributed by atoms with Gasteiger partial charge in [0.2, 0.25) is 5.91 Å². The summed E-state index contributed by atoms with van der Waals surface area (Å²) in [7, 11) is 0. The summed E-state index contributed by atoms with van der Waals surface area (Å²) in [6.07, 6.45) is 0. The van der Waals surface area contributed by atoms with E-state index < -0.39 is 0 Å². The van der Waals surface area contributed by atoms with Crippen LogP contribution in [0.25, 0.3) is 0 Å². The summed E-state index contributed by atoms with van der Waals surface area (Å²) < 4.78 is 5.53. The predicted octanol–water partition coefficient (Wildman–Crippen LogP) is 1.35. The molecule has 0 saturated carbocycles. The van der Waals surface area contributed by atoms with Crippen LogP contribution in [-0.4, -0.2) is 60.1 Å². The van der Waals surface area contributed by atoms with Crippen LogP contribution in [0.5, 0.6) is 0 Å². The first-order valence-corrected chi connectivity index (χ1v) is 6.49. The zero-order valence-electron chi connectivity index (χ0n) is 11.8. The van der Waals surface area contributed by atoms with Crippen LogP contribution in [0.15, 0.2) is 0 Å². The van der Waals surface area contributed by atoms with Gasteiger partial charge in [-0.1, -0.05) is 6.92 Å². The fraction of sp³-hybridized carbons (Fsp3) is 0.923. The summed E-state index contributed by atoms with van der Waals surface area (Å²) in [6, 6.07) is 0.451. The molecule has 1 fully saturated rings. The van der Waals surface area contributed by atoms with Gasteiger partial charge in [-0.25, -0.2) is 0 Å². The first kappa shape index (κ1) is 14.5. The summed E-state index contributed by atoms with van der Waals surface area (Å²) in [5, 5.41) is 0. The molecule has 0 aromatic carbocycles. The Morgan fingerprint density at radius 3 is 2.47 bits per heavy atom. The highest BCUT2D eigenvalue weighted by Crippen LogP contribution is 2.11. The van der Waals surface area contributed by atoms with Crippen LogP contribution in [-0.2, 0) is 9.53 Å². The quantitative estimate of drug-likeness (QED) is 0.749. The number of likely N-dealkylation sites (N-methyl/N-ethyl adjacent to an activating group) is 1. The summed E-state index contributed by atoms with van der Waals surface area (Å²) in [4.78, 5) is 16.3. The minimum absolute atomic E-state index is 0.113. The first-order valence-electron chi connectivity index (χ1n) is 6.49. The number of ether oxygens (including phenoxy) is 1. The van der Waals surface area contributed by atoms with Gasteiger partial charge in [-0.05, 0) is 34.2 Å². The van der Waals surface area contributed by atoms with E-state index >= 15 is 0 Å². The molecule has 0 aromatic heterocycles. The van der Waals surface area contributed by atoms with E-state index in [0.29, 0.717) is 6.04 Å². The molecule has 17 heavy (non-hydrogen) atoms. The maximum Gasteiger partial charge on any atom is 0.248 e. The Hall–Kier alpha value is -0.610. The highest BCUT2D eigenvalue weighted by Gasteiger charge is 2.26. The van der Waals surface area contributed by atoms with Crippen molar-refractivity contribution in [1.29, 1.82) is 0 Å². The molecule has 1 heterocycles. The monoisotopic (exact) mass is 242 g/mol. The van der Waals surface area contributed by atoms with Crippen LogP contribution in [0.3, 0.4) is 0 Å². The standard InChI is InChI=1S/C13H26N2O2/c1-6-14-7-8-15(9-11(14)2)12(16)10-17-13(3,4)5/h11H,6-10H2,1-5H3. The van der Waals surface area contributed by atoms with Gasteiger partial charge in [0, 0.05) is 25.7 Å². The molecule has 0 bridgehead atoms. The fourth-order valence-electron chi connectivity index (χ4n) is 2.06. The second-order valence-corrected chi connectivity index (χ2v) is 5.72. The van der Waals surface area contributed by atoms with Crippen molar-refractivity contribution in [2.45, 2.75) is 46.3 Å². The van der Waals surface area contributed by atoms with E-state index in [9.17, 15) is 4.79 Å². The number of hydrogen-bond donors (Lipinski definition) is 0. The smallest absolute Gasteiger partial charge is 0.248 e. The van der Waals surface area contributed by atoms with Crippen molar-refractivity contribution in [3.05, 3.63) is 0 Å². The lowest BCUT2D eigenvalue weighted by Gasteiger charge is -2.39. The zero-order chi connectivity index (χ0) is 13.1. The van der Waals surface area contributed by atoms with Crippen LogP contribution in [0.2, 0.25) is 0 Å². The molecule has 1 saturated heterocycles. The predicted molar refractivity (Wildman–Crippen MR) is 69.0 cm³/mol. The molecule has 4 nitrogen and oxygen atoms in total. The molecule has 0 N–H and O–H groups in total. The highest BCUT2D eigenvalue weighted by atomic mass is 16.5. The Bertz CT molecular complexity index is 261. The third-order valence-electron chi connectivity index (χ3n) is 3.15. The molecule has 0 aromatic rings. The lowest BCUT2D eigenvalue weighted by molar-refractivity contribution is -0.143. The molecule has 1 rings (SSSR count). The number of carbonyl (C=O) groups is 1. The minimum Gasteiger partial charge on any atom is -0.366 e. The maximum atomic E-state index is 12.0. The normalized spacial score (nSPS) is 22.9. The Balaban J connectivity index is 2.39. The molecule has 0 aliphatic carbocycles. The first-order chi connectivity index (χ1) is 7.83. The van der Waals surface area contributed by atoms with E-state index in [1.54, 1.807) is 0 Å². The van der Waals surface area contributed by atoms with Gasteiger partial charge in [0.25, 0.3) is 0 Å². The second-order valence-electron chi connectivity index (χ2n) is 5.72. The van der Waals surface area contributed by atoms with E-state index in [2.05, 4.69) is 18.7 Å². The summed E-state index contributed by atoms with van der Waals surface area (Å²) in [5.74, 6) is 0.113. The topological polar surface area (TPSA) is 32.8 Å². The SMILES string of the molecule is CCN1CCN(C(=O)COC(C)(C)C)CC1C. The van der Waals surface area contributed by atoms with Crippen molar-refractivity contribution in [1.82, 2.24) is 9.80 Å². The number of carbonyl (C=O) groups excluding carboxylic acids is 1. The molecule has 0 spiro atoms. The number of amides is 1. The van der Waals surface area contributed by atoms with E-state index in [1.807, 2.05) is 25.7 Å². The van der Waals surface area contributed by atoms with Gasteiger partial charge in [-0.3, -0.25) is 9.69 Å². The van der Waals surface area contributed by atoms with Crippen molar-refractivity contribution in [2.24, 2.45) is 0 Å². The average molecular weight is 242 g/mol. The lowest BCUT2D eigenvalue weighted by Crippen LogP contribution is -2.54. The van der Waals surface area contributed by atoms with E-state index in [1.165, 1.54) is 0 Å². The molecule has 100 valence electrons. The van der Waals surface area contributed by atoms with Crippen LogP contribution < -0.4 is 0 Å². The van der Waals surface area contributed by atoms with Crippen molar-refractivity contribution in [3.63, 3.8) is 0 Å². The van der Waals surface area contributed by atoms with Crippen LogP contribution in [0.1, 0.15) is 34.6 Å². The number of nitrogens with zero attached hydrogens (tertiary/aromatic N) is 2. The van der Waals surface area contributed by atoms with Gasteiger partial charge in [-0.15, -0.1) is 0 Å². The van der Waals surface area contributed by atoms with Gasteiger partial charge >= 0.3 is 0 Å². The van der Waals surface area contributed by atoms with Crippen molar-refractivity contribution < 1.29 is 9.53 Å². The van der Waals surface area contributed by atoms with Gasteiger partial charge in [0.1, 0.15) is 6.61 Å². The molecule has 1 aliphatic heterocycles. The number of rotatable bonds is 3. The molecule has 4 heteroatoms. The Labute approximate surface area is 105 Å². The van der Waals surface area contributed by atoms with Crippen LogP contribution >= 0.6 is 0 Å². The summed E-state index contributed by atoms with van der Waals surface area (Å²) in [6.45, 7) is 14.1. The third-order valence-corrected chi connectivity index (χ3v) is 3.15. The second kappa shape index (κ2) is 5.83. The Kier molecular flexibility index (Phi) is 4.95. The molecule has 1 aliphatic rings. The maximum absolute atomic E-state index is 12.0.